The molecule has 2 amide bonds. The van der Waals surface area contributed by atoms with Crippen LogP contribution < -0.4 is 14.8 Å². The Morgan fingerprint density at radius 1 is 1.22 bits per heavy atom. The second-order valence-corrected chi connectivity index (χ2v) is 9.39. The van der Waals surface area contributed by atoms with Crippen LogP contribution in [0, 0.1) is 11.7 Å². The number of piperidine rings is 1. The number of carbonyl (C=O) groups is 2. The molecule has 190 valence electrons. The van der Waals surface area contributed by atoms with Crippen molar-refractivity contribution in [3.63, 3.8) is 0 Å². The minimum atomic E-state index is -0.536. The third kappa shape index (κ3) is 4.84. The van der Waals surface area contributed by atoms with Gasteiger partial charge in [0.05, 0.1) is 24.8 Å². The normalized spacial score (nSPS) is 17.8. The van der Waals surface area contributed by atoms with Crippen molar-refractivity contribution in [3.05, 3.63) is 36.0 Å². The number of ether oxygens (including phenoxy) is 2. The van der Waals surface area contributed by atoms with E-state index < -0.39 is 5.82 Å². The number of aromatic nitrogens is 3. The zero-order valence-electron chi connectivity index (χ0n) is 20.5. The summed E-state index contributed by atoms with van der Waals surface area (Å²) >= 11 is 0. The van der Waals surface area contributed by atoms with E-state index in [-0.39, 0.29) is 23.6 Å². The van der Waals surface area contributed by atoms with Gasteiger partial charge in [-0.2, -0.15) is 0 Å². The zero-order valence-corrected chi connectivity index (χ0v) is 20.5. The van der Waals surface area contributed by atoms with Gasteiger partial charge in [-0.25, -0.2) is 14.4 Å². The predicted octanol–water partition coefficient (Wildman–Crippen LogP) is 3.69. The van der Waals surface area contributed by atoms with E-state index in [0.29, 0.717) is 65.6 Å². The lowest BCUT2D eigenvalue weighted by Crippen LogP contribution is -2.49. The highest BCUT2D eigenvalue weighted by molar-refractivity contribution is 6.08. The van der Waals surface area contributed by atoms with Crippen molar-refractivity contribution < 1.29 is 23.5 Å². The van der Waals surface area contributed by atoms with Gasteiger partial charge in [-0.05, 0) is 37.7 Å². The third-order valence-electron chi connectivity index (χ3n) is 6.80. The van der Waals surface area contributed by atoms with Gasteiger partial charge in [0.15, 0.2) is 11.6 Å². The van der Waals surface area contributed by atoms with E-state index in [2.05, 4.69) is 20.3 Å². The first-order valence-electron chi connectivity index (χ1n) is 12.4. The molecule has 1 aliphatic carbocycles. The lowest BCUT2D eigenvalue weighted by atomic mass is 10.0. The molecule has 0 unspecified atom stereocenters. The van der Waals surface area contributed by atoms with Crippen LogP contribution in [-0.2, 0) is 4.79 Å². The summed E-state index contributed by atoms with van der Waals surface area (Å²) in [5, 5.41) is 3.04. The van der Waals surface area contributed by atoms with Gasteiger partial charge < -0.3 is 24.7 Å². The number of fused-ring (bicyclic) bond motifs is 1. The molecule has 2 aliphatic rings. The topological polar surface area (TPSA) is 109 Å². The van der Waals surface area contributed by atoms with Gasteiger partial charge in [0.25, 0.3) is 5.91 Å². The fourth-order valence-corrected chi connectivity index (χ4v) is 4.61. The minimum absolute atomic E-state index is 0.0875. The average Bonchev–Trinajstić information content (AvgIpc) is 3.62. The van der Waals surface area contributed by atoms with Crippen LogP contribution in [0.3, 0.4) is 0 Å². The van der Waals surface area contributed by atoms with E-state index in [1.54, 1.807) is 11.1 Å². The summed E-state index contributed by atoms with van der Waals surface area (Å²) in [6.45, 7) is 3.58. The number of nitrogens with one attached hydrogen (secondary N) is 2. The predicted molar refractivity (Wildman–Crippen MR) is 131 cm³/mol. The molecule has 0 bridgehead atoms. The monoisotopic (exact) mass is 495 g/mol. The summed E-state index contributed by atoms with van der Waals surface area (Å²) in [4.78, 5) is 38.9. The number of benzene rings is 1. The maximum absolute atomic E-state index is 14.7. The van der Waals surface area contributed by atoms with Crippen molar-refractivity contribution in [3.8, 4) is 22.8 Å². The molecule has 1 saturated carbocycles. The van der Waals surface area contributed by atoms with Gasteiger partial charge in [0.1, 0.15) is 23.3 Å². The van der Waals surface area contributed by atoms with Crippen molar-refractivity contribution in [2.24, 2.45) is 5.92 Å². The first kappa shape index (κ1) is 24.0. The lowest BCUT2D eigenvalue weighted by molar-refractivity contribution is -0.132. The number of carbonyl (C=O) groups excluding carboxylic acids is 2. The largest absolute Gasteiger partial charge is 0.494 e. The molecule has 2 aromatic heterocycles. The number of H-pyrrole nitrogens is 1. The van der Waals surface area contributed by atoms with Gasteiger partial charge >= 0.3 is 0 Å². The highest BCUT2D eigenvalue weighted by Crippen LogP contribution is 2.39. The van der Waals surface area contributed by atoms with E-state index >= 15 is 0 Å². The first-order chi connectivity index (χ1) is 17.5. The van der Waals surface area contributed by atoms with Crippen LogP contribution in [0.15, 0.2) is 24.7 Å². The van der Waals surface area contributed by atoms with E-state index in [1.165, 1.54) is 25.6 Å². The number of aromatic amines is 1. The number of hydrogen-bond acceptors (Lipinski definition) is 6. The molecule has 1 atom stereocenters. The van der Waals surface area contributed by atoms with Crippen molar-refractivity contribution in [2.45, 2.75) is 45.1 Å². The third-order valence-corrected chi connectivity index (χ3v) is 6.80. The first-order valence-corrected chi connectivity index (χ1v) is 12.4. The van der Waals surface area contributed by atoms with Crippen LogP contribution in [0.5, 0.6) is 11.5 Å². The Morgan fingerprint density at radius 3 is 2.81 bits per heavy atom. The Balaban J connectivity index is 1.43. The van der Waals surface area contributed by atoms with E-state index in [0.717, 1.165) is 25.7 Å². The second-order valence-electron chi connectivity index (χ2n) is 9.39. The summed E-state index contributed by atoms with van der Waals surface area (Å²) in [7, 11) is 1.41. The van der Waals surface area contributed by atoms with Crippen LogP contribution in [0.1, 0.15) is 49.4 Å². The standard InChI is InChI=1S/C26H30FN5O4/c1-3-22(33)32-8-4-5-16(12-32)31-26(34)18-11-28-25-23(29-14-30-24(18)25)17-9-19(27)21(35-2)10-20(17)36-13-15-6-7-15/h9-11,14-16,28H,3-8,12-13H2,1-2H3,(H,31,34)/t16-/m0/s1. The molecular formula is C26H30FN5O4. The van der Waals surface area contributed by atoms with E-state index in [4.69, 9.17) is 9.47 Å². The molecule has 9 nitrogen and oxygen atoms in total. The highest BCUT2D eigenvalue weighted by atomic mass is 19.1. The molecule has 3 heterocycles. The fourth-order valence-electron chi connectivity index (χ4n) is 4.61. The molecule has 1 saturated heterocycles. The van der Waals surface area contributed by atoms with Gasteiger partial charge in [-0.15, -0.1) is 0 Å². The van der Waals surface area contributed by atoms with E-state index in [1.807, 2.05) is 6.92 Å². The average molecular weight is 496 g/mol. The SMILES string of the molecule is CCC(=O)N1CCC[C@H](NC(=O)c2c[nH]c3c(-c4cc(F)c(OC)cc4OCC4CC4)ncnc23)C1. The van der Waals surface area contributed by atoms with Crippen molar-refractivity contribution in [1.82, 2.24) is 25.2 Å². The molecule has 3 aromatic rings. The second kappa shape index (κ2) is 10.1. The highest BCUT2D eigenvalue weighted by Gasteiger charge is 2.27. The molecular weight excluding hydrogens is 465 g/mol. The van der Waals surface area contributed by atoms with E-state index in [9.17, 15) is 14.0 Å². The number of amides is 2. The van der Waals surface area contributed by atoms with Gasteiger partial charge in [0.2, 0.25) is 5.91 Å². The molecule has 2 N–H and O–H groups in total. The van der Waals surface area contributed by atoms with Crippen molar-refractivity contribution in [1.29, 1.82) is 0 Å². The molecule has 1 aliphatic heterocycles. The molecule has 36 heavy (non-hydrogen) atoms. The Morgan fingerprint density at radius 2 is 2.06 bits per heavy atom. The smallest absolute Gasteiger partial charge is 0.255 e. The van der Waals surface area contributed by atoms with Crippen LogP contribution in [0.25, 0.3) is 22.3 Å². The van der Waals surface area contributed by atoms with Gasteiger partial charge in [-0.1, -0.05) is 6.92 Å². The summed E-state index contributed by atoms with van der Waals surface area (Å²) < 4.78 is 25.9. The summed E-state index contributed by atoms with van der Waals surface area (Å²) in [5.74, 6) is 0.320. The summed E-state index contributed by atoms with van der Waals surface area (Å²) in [6.07, 6.45) is 7.26. The quantitative estimate of drug-likeness (QED) is 0.493. The Hall–Kier alpha value is -3.69. The Labute approximate surface area is 208 Å². The molecule has 2 fully saturated rings. The molecule has 1 aromatic carbocycles. The van der Waals surface area contributed by atoms with Crippen LogP contribution in [-0.4, -0.2) is 64.5 Å². The minimum Gasteiger partial charge on any atom is -0.494 e. The van der Waals surface area contributed by atoms with Crippen LogP contribution in [0.2, 0.25) is 0 Å². The van der Waals surface area contributed by atoms with Crippen molar-refractivity contribution >= 4 is 22.8 Å². The molecule has 0 radical (unpaired) electrons. The van der Waals surface area contributed by atoms with Crippen LogP contribution in [0.4, 0.5) is 4.39 Å². The molecule has 0 spiro atoms. The number of rotatable bonds is 8. The maximum Gasteiger partial charge on any atom is 0.255 e. The zero-order chi connectivity index (χ0) is 25.2. The Kier molecular flexibility index (Phi) is 6.75. The number of methoxy groups -OCH3 is 1. The Bertz CT molecular complexity index is 1290. The fraction of sp³-hybridized carbons (Fsp3) is 0.462. The number of likely N-dealkylation sites (tertiary alicyclic amines) is 1. The maximum atomic E-state index is 14.7. The number of halogens is 1. The number of nitrogens with zero attached hydrogens (tertiary/aromatic N) is 3. The van der Waals surface area contributed by atoms with Gasteiger partial charge in [0, 0.05) is 43.4 Å². The molecule has 5 rings (SSSR count). The lowest BCUT2D eigenvalue weighted by Gasteiger charge is -2.33. The van der Waals surface area contributed by atoms with Crippen molar-refractivity contribution in [2.75, 3.05) is 26.8 Å². The summed E-state index contributed by atoms with van der Waals surface area (Å²) in [6, 6.07) is 2.74. The van der Waals surface area contributed by atoms with Gasteiger partial charge in [-0.3, -0.25) is 9.59 Å². The van der Waals surface area contributed by atoms with Crippen LogP contribution >= 0.6 is 0 Å². The molecule has 10 heteroatoms. The number of hydrogen-bond donors (Lipinski definition) is 2. The summed E-state index contributed by atoms with van der Waals surface area (Å²) in [5.41, 5.74) is 2.19.